The van der Waals surface area contributed by atoms with Crippen LogP contribution in [-0.2, 0) is 17.8 Å². The molecule has 0 saturated heterocycles. The van der Waals surface area contributed by atoms with E-state index in [0.29, 0.717) is 30.8 Å². The number of rotatable bonds is 3. The van der Waals surface area contributed by atoms with E-state index in [1.165, 1.54) is 17.4 Å². The number of amides is 1. The quantitative estimate of drug-likeness (QED) is 0.913. The molecule has 2 aromatic rings. The maximum Gasteiger partial charge on any atom is 0.224 e. The number of fused-ring (bicyclic) bond motifs is 1. The van der Waals surface area contributed by atoms with E-state index >= 15 is 0 Å². The molecule has 4 nitrogen and oxygen atoms in total. The van der Waals surface area contributed by atoms with Gasteiger partial charge in [0.15, 0.2) is 0 Å². The van der Waals surface area contributed by atoms with E-state index in [0.717, 1.165) is 16.3 Å². The van der Waals surface area contributed by atoms with Crippen molar-refractivity contribution in [3.8, 4) is 0 Å². The highest BCUT2D eigenvalue weighted by molar-refractivity contribution is 7.09. The molecule has 0 atom stereocenters. The molecule has 0 aliphatic carbocycles. The number of carbonyl (C=O) groups excluding carboxylic acids is 1. The Morgan fingerprint density at radius 2 is 2.30 bits per heavy atom. The van der Waals surface area contributed by atoms with Crippen LogP contribution in [0.4, 0.5) is 15.8 Å². The van der Waals surface area contributed by atoms with Crippen LogP contribution in [0.5, 0.6) is 0 Å². The number of aryl methyl sites for hydroxylation is 2. The normalized spacial score (nSPS) is 13.8. The van der Waals surface area contributed by atoms with Crippen molar-refractivity contribution in [3.05, 3.63) is 39.6 Å². The van der Waals surface area contributed by atoms with Gasteiger partial charge in [-0.2, -0.15) is 0 Å². The molecule has 0 bridgehead atoms. The van der Waals surface area contributed by atoms with Crippen LogP contribution in [0, 0.1) is 12.7 Å². The van der Waals surface area contributed by atoms with Crippen LogP contribution < -0.4 is 10.6 Å². The standard InChI is InChI=1S/C14H14FN3OS/c1-8-7-20-14(17-8)6-16-12-5-11-9(4-10(12)15)2-3-13(19)18-11/h4-5,7,16H,2-3,6H2,1H3,(H,18,19). The van der Waals surface area contributed by atoms with Gasteiger partial charge in [-0.3, -0.25) is 4.79 Å². The molecule has 1 aliphatic heterocycles. The SMILES string of the molecule is Cc1csc(CNc2cc3c(cc2F)CCC(=O)N3)n1. The zero-order valence-electron chi connectivity index (χ0n) is 11.0. The van der Waals surface area contributed by atoms with Crippen LogP contribution in [-0.4, -0.2) is 10.9 Å². The van der Waals surface area contributed by atoms with E-state index in [4.69, 9.17) is 0 Å². The molecule has 1 aromatic heterocycles. The Bertz CT molecular complexity index is 668. The molecule has 0 unspecified atom stereocenters. The number of hydrogen-bond donors (Lipinski definition) is 2. The number of carbonyl (C=O) groups is 1. The van der Waals surface area contributed by atoms with Gasteiger partial charge in [0.05, 0.1) is 12.2 Å². The zero-order valence-corrected chi connectivity index (χ0v) is 11.8. The van der Waals surface area contributed by atoms with E-state index in [2.05, 4.69) is 15.6 Å². The van der Waals surface area contributed by atoms with Crippen molar-refractivity contribution in [2.75, 3.05) is 10.6 Å². The summed E-state index contributed by atoms with van der Waals surface area (Å²) in [5.41, 5.74) is 2.89. The first-order valence-corrected chi connectivity index (χ1v) is 7.27. The smallest absolute Gasteiger partial charge is 0.224 e. The third-order valence-electron chi connectivity index (χ3n) is 3.19. The van der Waals surface area contributed by atoms with Crippen LogP contribution in [0.3, 0.4) is 0 Å². The van der Waals surface area contributed by atoms with Crippen molar-refractivity contribution in [1.82, 2.24) is 4.98 Å². The number of anilines is 2. The van der Waals surface area contributed by atoms with E-state index < -0.39 is 0 Å². The number of nitrogens with zero attached hydrogens (tertiary/aromatic N) is 1. The maximum absolute atomic E-state index is 14.0. The van der Waals surface area contributed by atoms with Crippen molar-refractivity contribution >= 4 is 28.6 Å². The first-order chi connectivity index (χ1) is 9.61. The van der Waals surface area contributed by atoms with E-state index in [-0.39, 0.29) is 11.7 Å². The van der Waals surface area contributed by atoms with Crippen LogP contribution >= 0.6 is 11.3 Å². The van der Waals surface area contributed by atoms with Gasteiger partial charge in [-0.25, -0.2) is 9.37 Å². The fraction of sp³-hybridized carbons (Fsp3) is 0.286. The van der Waals surface area contributed by atoms with Gasteiger partial charge >= 0.3 is 0 Å². The first kappa shape index (κ1) is 13.1. The van der Waals surface area contributed by atoms with Gasteiger partial charge in [0.1, 0.15) is 10.8 Å². The third kappa shape index (κ3) is 2.65. The number of aromatic nitrogens is 1. The summed E-state index contributed by atoms with van der Waals surface area (Å²) in [4.78, 5) is 15.7. The highest BCUT2D eigenvalue weighted by Gasteiger charge is 2.17. The summed E-state index contributed by atoms with van der Waals surface area (Å²) in [5.74, 6) is -0.321. The van der Waals surface area contributed by atoms with E-state index in [1.54, 1.807) is 6.07 Å². The zero-order chi connectivity index (χ0) is 14.1. The second-order valence-corrected chi connectivity index (χ2v) is 5.72. The average Bonchev–Trinajstić information content (AvgIpc) is 2.83. The van der Waals surface area contributed by atoms with Crippen LogP contribution in [0.1, 0.15) is 22.7 Å². The van der Waals surface area contributed by atoms with Gasteiger partial charge in [-0.15, -0.1) is 11.3 Å². The summed E-state index contributed by atoms with van der Waals surface area (Å²) in [5, 5.41) is 8.67. The molecule has 0 spiro atoms. The summed E-state index contributed by atoms with van der Waals surface area (Å²) in [6, 6.07) is 3.15. The molecule has 104 valence electrons. The molecule has 1 aromatic carbocycles. The summed E-state index contributed by atoms with van der Waals surface area (Å²) in [6.07, 6.45) is 1.00. The van der Waals surface area contributed by atoms with E-state index in [1.807, 2.05) is 12.3 Å². The summed E-state index contributed by atoms with van der Waals surface area (Å²) in [7, 11) is 0. The molecular weight excluding hydrogens is 277 g/mol. The molecule has 1 aliphatic rings. The number of thiazole rings is 1. The molecule has 2 heterocycles. The van der Waals surface area contributed by atoms with Gasteiger partial charge in [0.2, 0.25) is 5.91 Å². The molecule has 0 radical (unpaired) electrons. The summed E-state index contributed by atoms with van der Waals surface area (Å²) in [6.45, 7) is 2.40. The second kappa shape index (κ2) is 5.20. The third-order valence-corrected chi connectivity index (χ3v) is 4.15. The van der Waals surface area contributed by atoms with Gasteiger partial charge in [-0.05, 0) is 31.0 Å². The van der Waals surface area contributed by atoms with E-state index in [9.17, 15) is 9.18 Å². The minimum Gasteiger partial charge on any atom is -0.376 e. The lowest BCUT2D eigenvalue weighted by atomic mass is 10.0. The van der Waals surface area contributed by atoms with Gasteiger partial charge in [0, 0.05) is 23.2 Å². The lowest BCUT2D eigenvalue weighted by molar-refractivity contribution is -0.116. The summed E-state index contributed by atoms with van der Waals surface area (Å²) >= 11 is 1.54. The highest BCUT2D eigenvalue weighted by Crippen LogP contribution is 2.29. The Hall–Kier alpha value is -1.95. The molecule has 20 heavy (non-hydrogen) atoms. The molecule has 0 fully saturated rings. The van der Waals surface area contributed by atoms with Crippen molar-refractivity contribution in [3.63, 3.8) is 0 Å². The molecule has 2 N–H and O–H groups in total. The van der Waals surface area contributed by atoms with Crippen LogP contribution in [0.15, 0.2) is 17.5 Å². The molecule has 1 amide bonds. The summed E-state index contributed by atoms with van der Waals surface area (Å²) < 4.78 is 14.0. The number of benzene rings is 1. The Balaban J connectivity index is 1.79. The highest BCUT2D eigenvalue weighted by atomic mass is 32.1. The number of halogens is 1. The van der Waals surface area contributed by atoms with Crippen LogP contribution in [0.25, 0.3) is 0 Å². The lowest BCUT2D eigenvalue weighted by Crippen LogP contribution is -2.19. The Labute approximate surface area is 120 Å². The molecule has 3 rings (SSSR count). The minimum atomic E-state index is -0.298. The fourth-order valence-corrected chi connectivity index (χ4v) is 2.90. The molecule has 6 heteroatoms. The van der Waals surface area contributed by atoms with Gasteiger partial charge < -0.3 is 10.6 Å². The maximum atomic E-state index is 14.0. The largest absolute Gasteiger partial charge is 0.376 e. The average molecular weight is 291 g/mol. The predicted octanol–water partition coefficient (Wildman–Crippen LogP) is 3.09. The van der Waals surface area contributed by atoms with Crippen molar-refractivity contribution in [2.45, 2.75) is 26.3 Å². The molecular formula is C14H14FN3OS. The van der Waals surface area contributed by atoms with Crippen molar-refractivity contribution in [2.24, 2.45) is 0 Å². The van der Waals surface area contributed by atoms with Gasteiger partial charge in [-0.1, -0.05) is 0 Å². The number of nitrogens with one attached hydrogen (secondary N) is 2. The molecule has 0 saturated carbocycles. The first-order valence-electron chi connectivity index (χ1n) is 6.39. The Morgan fingerprint density at radius 3 is 3.05 bits per heavy atom. The lowest BCUT2D eigenvalue weighted by Gasteiger charge is -2.18. The fourth-order valence-electron chi connectivity index (χ4n) is 2.19. The van der Waals surface area contributed by atoms with Gasteiger partial charge in [0.25, 0.3) is 0 Å². The predicted molar refractivity (Wildman–Crippen MR) is 77.5 cm³/mol. The van der Waals surface area contributed by atoms with Crippen molar-refractivity contribution < 1.29 is 9.18 Å². The topological polar surface area (TPSA) is 54.0 Å². The van der Waals surface area contributed by atoms with Crippen molar-refractivity contribution in [1.29, 1.82) is 0 Å². The van der Waals surface area contributed by atoms with Crippen LogP contribution in [0.2, 0.25) is 0 Å². The Kier molecular flexibility index (Phi) is 3.40. The second-order valence-electron chi connectivity index (χ2n) is 4.77. The minimum absolute atomic E-state index is 0.0226. The Morgan fingerprint density at radius 1 is 1.45 bits per heavy atom. The number of hydrogen-bond acceptors (Lipinski definition) is 4. The monoisotopic (exact) mass is 291 g/mol.